The lowest BCUT2D eigenvalue weighted by molar-refractivity contribution is 0.475. The maximum Gasteiger partial charge on any atom is 0.170 e. The van der Waals surface area contributed by atoms with Crippen LogP contribution in [-0.2, 0) is 0 Å². The second kappa shape index (κ2) is 4.81. The lowest BCUT2D eigenvalue weighted by Gasteiger charge is -2.11. The van der Waals surface area contributed by atoms with Crippen molar-refractivity contribution in [1.82, 2.24) is 5.32 Å². The molecule has 14 heavy (non-hydrogen) atoms. The Balaban J connectivity index is 2.72. The molecule has 0 aliphatic carbocycles. The summed E-state index contributed by atoms with van der Waals surface area (Å²) in [6, 6.07) is 5.12. The molecule has 0 heterocycles. The van der Waals surface area contributed by atoms with E-state index in [0.29, 0.717) is 5.11 Å². The monoisotopic (exact) mass is 210 g/mol. The highest BCUT2D eigenvalue weighted by atomic mass is 32.1. The summed E-state index contributed by atoms with van der Waals surface area (Å²) in [5, 5.41) is 15.8. The summed E-state index contributed by atoms with van der Waals surface area (Å²) in [5.74, 6) is 0.266. The smallest absolute Gasteiger partial charge is 0.170 e. The number of rotatable bonds is 2. The number of aromatic hydroxyl groups is 1. The molecule has 0 atom stereocenters. The van der Waals surface area contributed by atoms with Gasteiger partial charge in [-0.2, -0.15) is 0 Å². The maximum absolute atomic E-state index is 9.20. The minimum atomic E-state index is 0.266. The quantitative estimate of drug-likeness (QED) is 0.516. The van der Waals surface area contributed by atoms with Gasteiger partial charge in [0.25, 0.3) is 0 Å². The topological polar surface area (TPSA) is 44.3 Å². The highest BCUT2D eigenvalue weighted by molar-refractivity contribution is 7.80. The van der Waals surface area contributed by atoms with E-state index < -0.39 is 0 Å². The molecule has 0 saturated carbocycles. The molecule has 76 valence electrons. The number of nitrogens with one attached hydrogen (secondary N) is 2. The minimum Gasteiger partial charge on any atom is -0.508 e. The van der Waals surface area contributed by atoms with Gasteiger partial charge in [-0.15, -0.1) is 0 Å². The first-order chi connectivity index (χ1) is 6.63. The molecule has 0 radical (unpaired) electrons. The Morgan fingerprint density at radius 3 is 2.79 bits per heavy atom. The predicted molar refractivity (Wildman–Crippen MR) is 62.7 cm³/mol. The van der Waals surface area contributed by atoms with E-state index in [4.69, 9.17) is 12.2 Å². The molecule has 4 heteroatoms. The van der Waals surface area contributed by atoms with E-state index in [0.717, 1.165) is 17.8 Å². The first-order valence-corrected chi connectivity index (χ1v) is 4.88. The molecule has 3 nitrogen and oxygen atoms in total. The van der Waals surface area contributed by atoms with Gasteiger partial charge in [-0.05, 0) is 49.8 Å². The van der Waals surface area contributed by atoms with Crippen LogP contribution < -0.4 is 10.6 Å². The molecule has 1 rings (SSSR count). The summed E-state index contributed by atoms with van der Waals surface area (Å²) in [6.45, 7) is 4.69. The Kier molecular flexibility index (Phi) is 3.71. The van der Waals surface area contributed by atoms with Gasteiger partial charge < -0.3 is 15.7 Å². The third kappa shape index (κ3) is 2.88. The van der Waals surface area contributed by atoms with E-state index in [-0.39, 0.29) is 5.75 Å². The fourth-order valence-electron chi connectivity index (χ4n) is 1.12. The summed E-state index contributed by atoms with van der Waals surface area (Å²) in [6.07, 6.45) is 0. The number of hydrogen-bond acceptors (Lipinski definition) is 2. The zero-order chi connectivity index (χ0) is 10.6. The lowest BCUT2D eigenvalue weighted by atomic mass is 10.2. The molecule has 1 aromatic carbocycles. The van der Waals surface area contributed by atoms with Gasteiger partial charge >= 0.3 is 0 Å². The first-order valence-electron chi connectivity index (χ1n) is 4.48. The van der Waals surface area contributed by atoms with Crippen LogP contribution in [0.25, 0.3) is 0 Å². The molecular weight excluding hydrogens is 196 g/mol. The second-order valence-electron chi connectivity index (χ2n) is 2.98. The summed E-state index contributed by atoms with van der Waals surface area (Å²) >= 11 is 5.04. The van der Waals surface area contributed by atoms with Crippen LogP contribution in [0.15, 0.2) is 18.2 Å². The van der Waals surface area contributed by atoms with Crippen LogP contribution in [0.5, 0.6) is 5.75 Å². The van der Waals surface area contributed by atoms with Gasteiger partial charge in [0.2, 0.25) is 0 Å². The normalized spacial score (nSPS) is 9.57. The van der Waals surface area contributed by atoms with Gasteiger partial charge in [0.05, 0.1) is 0 Å². The molecule has 0 aromatic heterocycles. The van der Waals surface area contributed by atoms with Gasteiger partial charge in [0.15, 0.2) is 5.11 Å². The largest absolute Gasteiger partial charge is 0.508 e. The van der Waals surface area contributed by atoms with E-state index in [1.165, 1.54) is 0 Å². The van der Waals surface area contributed by atoms with Crippen LogP contribution in [0.4, 0.5) is 5.69 Å². The molecule has 1 aromatic rings. The van der Waals surface area contributed by atoms with Gasteiger partial charge in [-0.3, -0.25) is 0 Å². The van der Waals surface area contributed by atoms with Crippen LogP contribution in [-0.4, -0.2) is 16.8 Å². The minimum absolute atomic E-state index is 0.266. The summed E-state index contributed by atoms with van der Waals surface area (Å²) in [7, 11) is 0. The second-order valence-corrected chi connectivity index (χ2v) is 3.39. The third-order valence-corrected chi connectivity index (χ3v) is 2.04. The Morgan fingerprint density at radius 1 is 1.50 bits per heavy atom. The Morgan fingerprint density at radius 2 is 2.21 bits per heavy atom. The highest BCUT2D eigenvalue weighted by Crippen LogP contribution is 2.19. The lowest BCUT2D eigenvalue weighted by Crippen LogP contribution is -2.28. The number of benzene rings is 1. The van der Waals surface area contributed by atoms with Crippen molar-refractivity contribution in [3.8, 4) is 5.75 Å². The molecule has 0 spiro atoms. The fraction of sp³-hybridized carbons (Fsp3) is 0.300. The van der Waals surface area contributed by atoms with E-state index in [2.05, 4.69) is 10.6 Å². The van der Waals surface area contributed by atoms with Crippen molar-refractivity contribution >= 4 is 23.0 Å². The van der Waals surface area contributed by atoms with Crippen LogP contribution in [0.2, 0.25) is 0 Å². The number of phenolic OH excluding ortho intramolecular Hbond substituents is 1. The van der Waals surface area contributed by atoms with Crippen molar-refractivity contribution in [3.63, 3.8) is 0 Å². The average molecular weight is 210 g/mol. The molecule has 0 saturated heterocycles. The van der Waals surface area contributed by atoms with Crippen molar-refractivity contribution in [1.29, 1.82) is 0 Å². The Bertz CT molecular complexity index is 339. The Hall–Kier alpha value is -1.29. The number of hydrogen-bond donors (Lipinski definition) is 3. The van der Waals surface area contributed by atoms with E-state index in [1.54, 1.807) is 18.2 Å². The molecule has 0 amide bonds. The molecule has 3 N–H and O–H groups in total. The van der Waals surface area contributed by atoms with Crippen molar-refractivity contribution in [3.05, 3.63) is 23.8 Å². The molecule has 0 fully saturated rings. The van der Waals surface area contributed by atoms with Crippen molar-refractivity contribution in [2.45, 2.75) is 13.8 Å². The van der Waals surface area contributed by atoms with Gasteiger partial charge in [-0.25, -0.2) is 0 Å². The number of phenols is 1. The zero-order valence-corrected chi connectivity index (χ0v) is 9.11. The fourth-order valence-corrected chi connectivity index (χ4v) is 1.37. The molecule has 0 aliphatic heterocycles. The van der Waals surface area contributed by atoms with E-state index >= 15 is 0 Å². The Labute approximate surface area is 89.1 Å². The van der Waals surface area contributed by atoms with Crippen LogP contribution in [0.1, 0.15) is 12.5 Å². The van der Waals surface area contributed by atoms with E-state index in [1.807, 2.05) is 13.8 Å². The molecular formula is C10H14N2OS. The summed E-state index contributed by atoms with van der Waals surface area (Å²) in [4.78, 5) is 0. The number of anilines is 1. The van der Waals surface area contributed by atoms with E-state index in [9.17, 15) is 5.11 Å². The molecule has 0 unspecified atom stereocenters. The van der Waals surface area contributed by atoms with Crippen LogP contribution in [0, 0.1) is 6.92 Å². The molecule has 0 aliphatic rings. The zero-order valence-electron chi connectivity index (χ0n) is 8.29. The average Bonchev–Trinajstić information content (AvgIpc) is 2.10. The standard InChI is InChI=1S/C10H14N2OS/c1-3-11-10(14)12-9-5-4-8(13)6-7(9)2/h4-6,13H,3H2,1-2H3,(H2,11,12,14). The number of aryl methyl sites for hydroxylation is 1. The SMILES string of the molecule is CCNC(=S)Nc1ccc(O)cc1C. The summed E-state index contributed by atoms with van der Waals surface area (Å²) in [5.41, 5.74) is 1.87. The maximum atomic E-state index is 9.20. The number of thiocarbonyl (C=S) groups is 1. The van der Waals surface area contributed by atoms with Gasteiger partial charge in [0, 0.05) is 12.2 Å². The summed E-state index contributed by atoms with van der Waals surface area (Å²) < 4.78 is 0. The predicted octanol–water partition coefficient (Wildman–Crippen LogP) is 2.01. The van der Waals surface area contributed by atoms with Gasteiger partial charge in [0.1, 0.15) is 5.75 Å². The van der Waals surface area contributed by atoms with Crippen molar-refractivity contribution < 1.29 is 5.11 Å². The van der Waals surface area contributed by atoms with Gasteiger partial charge in [-0.1, -0.05) is 0 Å². The first kappa shape index (κ1) is 10.8. The highest BCUT2D eigenvalue weighted by Gasteiger charge is 2.00. The molecule has 0 bridgehead atoms. The third-order valence-electron chi connectivity index (χ3n) is 1.80. The van der Waals surface area contributed by atoms with Crippen molar-refractivity contribution in [2.75, 3.05) is 11.9 Å². The van der Waals surface area contributed by atoms with Crippen LogP contribution >= 0.6 is 12.2 Å². The van der Waals surface area contributed by atoms with Crippen LogP contribution in [0.3, 0.4) is 0 Å². The van der Waals surface area contributed by atoms with Crippen molar-refractivity contribution in [2.24, 2.45) is 0 Å².